The van der Waals surface area contributed by atoms with Crippen LogP contribution in [0, 0.1) is 5.92 Å². The topological polar surface area (TPSA) is 123 Å². The average molecular weight is 646 g/mol. The number of carbonyl (C=O) groups is 4. The Morgan fingerprint density at radius 3 is 2.24 bits per heavy atom. The summed E-state index contributed by atoms with van der Waals surface area (Å²) in [5.41, 5.74) is -2.02. The number of alkyl carbamates (subject to hydrolysis) is 1. The first-order valence-electron chi connectivity index (χ1n) is 16.2. The Labute approximate surface area is 273 Å². The van der Waals surface area contributed by atoms with Gasteiger partial charge in [0.25, 0.3) is 0 Å². The first-order valence-corrected chi connectivity index (χ1v) is 19.1. The maximum absolute atomic E-state index is 14.4. The fraction of sp³-hybridized carbons (Fsp3) is 0.758. The molecule has 0 aromatic carbocycles. The number of carbonyl (C=O) groups excluding carboxylic acids is 4. The van der Waals surface area contributed by atoms with Gasteiger partial charge in [-0.2, -0.15) is 0 Å². The van der Waals surface area contributed by atoms with Gasteiger partial charge in [0.1, 0.15) is 31.1 Å². The largest absolute Gasteiger partial charge is 0.464 e. The number of unbranched alkanes of at least 4 members (excludes halogenated alkanes) is 3. The summed E-state index contributed by atoms with van der Waals surface area (Å²) in [5.74, 6) is -2.82. The first kappa shape index (κ1) is 38.6. The van der Waals surface area contributed by atoms with Crippen LogP contribution in [0.5, 0.6) is 0 Å². The number of nitrogens with zero attached hydrogens (tertiary/aromatic N) is 1. The second-order valence-corrected chi connectivity index (χ2v) is 19.5. The van der Waals surface area contributed by atoms with E-state index in [1.165, 1.54) is 4.90 Å². The molecule has 10 nitrogen and oxygen atoms in total. The second-order valence-electron chi connectivity index (χ2n) is 14.8. The van der Waals surface area contributed by atoms with Crippen molar-refractivity contribution in [2.45, 2.75) is 147 Å². The van der Waals surface area contributed by atoms with Crippen LogP contribution in [0.25, 0.3) is 0 Å². The lowest BCUT2D eigenvalue weighted by Gasteiger charge is -2.40. The van der Waals surface area contributed by atoms with Crippen molar-refractivity contribution in [3.8, 4) is 0 Å². The molecule has 1 aliphatic heterocycles. The molecule has 3 amide bonds. The number of rotatable bonds is 15. The number of nitrogens with one attached hydrogen (secondary N) is 2. The van der Waals surface area contributed by atoms with E-state index in [0.717, 1.165) is 19.3 Å². The van der Waals surface area contributed by atoms with E-state index < -0.39 is 67.5 Å². The standard InChI is InChI=1S/C33H56BN3O7Si/c1-12-15-16-17-18-19-23(35-30(41)43-31(4,5)6)28(39)37-24(20-25(26(37)34)44-45(10,11)32(7,8)9)27(38)36-33(21-22(33)13-2)29(40)42-14-3/h12-13,22-26H,1-2,14-21H2,3-11H3,(H,35,41)(H,36,38)/t22?,23-,24-,25?,26?,33+/m0/s1. The van der Waals surface area contributed by atoms with Crippen molar-refractivity contribution in [1.82, 2.24) is 15.5 Å². The summed E-state index contributed by atoms with van der Waals surface area (Å²) in [4.78, 5) is 55.6. The molecule has 252 valence electrons. The van der Waals surface area contributed by atoms with Gasteiger partial charge in [0, 0.05) is 18.3 Å². The highest BCUT2D eigenvalue weighted by molar-refractivity contribution is 6.74. The zero-order chi connectivity index (χ0) is 34.4. The monoisotopic (exact) mass is 645 g/mol. The van der Waals surface area contributed by atoms with Gasteiger partial charge in [-0.05, 0) is 71.5 Å². The van der Waals surface area contributed by atoms with Gasteiger partial charge in [-0.15, -0.1) is 13.2 Å². The third-order valence-corrected chi connectivity index (χ3v) is 13.5. The minimum absolute atomic E-state index is 0.140. The Morgan fingerprint density at radius 1 is 1.09 bits per heavy atom. The molecule has 0 aromatic rings. The van der Waals surface area contributed by atoms with E-state index in [9.17, 15) is 19.2 Å². The van der Waals surface area contributed by atoms with Crippen LogP contribution in [0.15, 0.2) is 25.3 Å². The molecule has 12 heteroatoms. The molecule has 1 aliphatic carbocycles. The van der Waals surface area contributed by atoms with Gasteiger partial charge in [0.2, 0.25) is 11.8 Å². The van der Waals surface area contributed by atoms with Crippen LogP contribution >= 0.6 is 0 Å². The normalized spacial score (nSPS) is 25.6. The SMILES string of the molecule is [B]C1C(O[Si](C)(C)C(C)(C)C)C[C@@H](C(=O)N[C@]2(C(=O)OCC)CC2C=C)N1C(=O)[C@H](CCCCCC=C)NC(=O)OC(C)(C)C. The zero-order valence-electron chi connectivity index (χ0n) is 29.0. The van der Waals surface area contributed by atoms with Gasteiger partial charge < -0.3 is 29.4 Å². The van der Waals surface area contributed by atoms with E-state index in [2.05, 4.69) is 57.7 Å². The second kappa shape index (κ2) is 15.3. The van der Waals surface area contributed by atoms with Gasteiger partial charge in [0.15, 0.2) is 8.32 Å². The first-order chi connectivity index (χ1) is 20.7. The lowest BCUT2D eigenvalue weighted by atomic mass is 9.91. The number of ether oxygens (including phenoxy) is 2. The molecule has 0 aromatic heterocycles. The van der Waals surface area contributed by atoms with Crippen LogP contribution in [-0.2, 0) is 28.3 Å². The summed E-state index contributed by atoms with van der Waals surface area (Å²) >= 11 is 0. The minimum atomic E-state index is -2.37. The smallest absolute Gasteiger partial charge is 0.408 e. The lowest BCUT2D eigenvalue weighted by Crippen LogP contribution is -2.59. The van der Waals surface area contributed by atoms with Crippen molar-refractivity contribution in [3.05, 3.63) is 25.3 Å². The fourth-order valence-electron chi connectivity index (χ4n) is 5.33. The van der Waals surface area contributed by atoms with E-state index >= 15 is 0 Å². The number of allylic oxidation sites excluding steroid dienone is 1. The Balaban J connectivity index is 2.45. The highest BCUT2D eigenvalue weighted by Gasteiger charge is 2.62. The van der Waals surface area contributed by atoms with Crippen molar-refractivity contribution in [1.29, 1.82) is 0 Å². The van der Waals surface area contributed by atoms with E-state index in [-0.39, 0.29) is 24.0 Å². The van der Waals surface area contributed by atoms with Crippen molar-refractivity contribution >= 4 is 40.0 Å². The molecule has 0 bridgehead atoms. The fourth-order valence-corrected chi connectivity index (χ4v) is 6.68. The molecular formula is C33H56BN3O7Si. The Bertz CT molecular complexity index is 1100. The van der Waals surface area contributed by atoms with E-state index in [1.807, 2.05) is 6.08 Å². The van der Waals surface area contributed by atoms with Crippen LogP contribution in [-0.4, -0.2) is 86.8 Å². The van der Waals surface area contributed by atoms with Gasteiger partial charge in [-0.1, -0.05) is 45.8 Å². The number of likely N-dealkylation sites (tertiary alicyclic amines) is 1. The summed E-state index contributed by atoms with van der Waals surface area (Å²) in [5, 5.41) is 5.49. The molecule has 45 heavy (non-hydrogen) atoms. The lowest BCUT2D eigenvalue weighted by molar-refractivity contribution is -0.150. The van der Waals surface area contributed by atoms with Gasteiger partial charge >= 0.3 is 12.1 Å². The van der Waals surface area contributed by atoms with Crippen LogP contribution in [0.3, 0.4) is 0 Å². The molecule has 3 unspecified atom stereocenters. The molecule has 2 fully saturated rings. The quantitative estimate of drug-likeness (QED) is 0.110. The van der Waals surface area contributed by atoms with Crippen LogP contribution in [0.1, 0.15) is 93.4 Å². The van der Waals surface area contributed by atoms with Crippen LogP contribution in [0.2, 0.25) is 18.1 Å². The van der Waals surface area contributed by atoms with E-state index in [4.69, 9.17) is 21.7 Å². The molecular weight excluding hydrogens is 589 g/mol. The Hall–Kier alpha value is -2.60. The number of hydrogen-bond acceptors (Lipinski definition) is 7. The summed E-state index contributed by atoms with van der Waals surface area (Å²) < 4.78 is 17.4. The number of hydrogen-bond donors (Lipinski definition) is 2. The van der Waals surface area contributed by atoms with E-state index in [0.29, 0.717) is 19.3 Å². The summed E-state index contributed by atoms with van der Waals surface area (Å²) in [6.45, 7) is 25.1. The highest BCUT2D eigenvalue weighted by atomic mass is 28.4. The molecule has 2 rings (SSSR count). The third kappa shape index (κ3) is 9.94. The van der Waals surface area contributed by atoms with Gasteiger partial charge in [0.05, 0.1) is 12.7 Å². The summed E-state index contributed by atoms with van der Waals surface area (Å²) in [7, 11) is 4.40. The maximum Gasteiger partial charge on any atom is 0.408 e. The molecule has 2 aliphatic rings. The molecule has 6 atom stereocenters. The number of amides is 3. The number of esters is 1. The van der Waals surface area contributed by atoms with Gasteiger partial charge in [-0.3, -0.25) is 9.59 Å². The zero-order valence-corrected chi connectivity index (χ0v) is 30.0. The van der Waals surface area contributed by atoms with Crippen molar-refractivity contribution < 1.29 is 33.1 Å². The Kier molecular flexibility index (Phi) is 13.1. The van der Waals surface area contributed by atoms with Crippen molar-refractivity contribution in [2.75, 3.05) is 6.61 Å². The van der Waals surface area contributed by atoms with Crippen LogP contribution in [0.4, 0.5) is 4.79 Å². The van der Waals surface area contributed by atoms with Crippen molar-refractivity contribution in [3.63, 3.8) is 0 Å². The van der Waals surface area contributed by atoms with Crippen LogP contribution < -0.4 is 10.6 Å². The van der Waals surface area contributed by atoms with Crippen molar-refractivity contribution in [2.24, 2.45) is 5.92 Å². The predicted octanol–water partition coefficient (Wildman–Crippen LogP) is 5.13. The summed E-state index contributed by atoms with van der Waals surface area (Å²) in [6, 6.07) is -2.03. The third-order valence-electron chi connectivity index (χ3n) is 8.98. The average Bonchev–Trinajstić information content (AvgIpc) is 3.54. The molecule has 0 spiro atoms. The molecule has 2 radical (unpaired) electrons. The highest BCUT2D eigenvalue weighted by Crippen LogP contribution is 2.46. The Morgan fingerprint density at radius 2 is 1.73 bits per heavy atom. The van der Waals surface area contributed by atoms with Gasteiger partial charge in [-0.25, -0.2) is 9.59 Å². The molecule has 1 saturated heterocycles. The minimum Gasteiger partial charge on any atom is -0.464 e. The summed E-state index contributed by atoms with van der Waals surface area (Å²) in [6.07, 6.45) is 6.13. The van der Waals surface area contributed by atoms with E-state index in [1.54, 1.807) is 33.8 Å². The maximum atomic E-state index is 14.4. The molecule has 2 N–H and O–H groups in total. The molecule has 1 heterocycles. The molecule has 1 saturated carbocycles. The predicted molar refractivity (Wildman–Crippen MR) is 179 cm³/mol.